The van der Waals surface area contributed by atoms with Gasteiger partial charge in [0.25, 0.3) is 0 Å². The predicted molar refractivity (Wildman–Crippen MR) is 73.7 cm³/mol. The van der Waals surface area contributed by atoms with E-state index in [9.17, 15) is 13.2 Å². The van der Waals surface area contributed by atoms with Crippen molar-refractivity contribution in [2.75, 3.05) is 0 Å². The lowest BCUT2D eigenvalue weighted by atomic mass is 10.0. The average Bonchev–Trinajstić information content (AvgIpc) is 2.75. The van der Waals surface area contributed by atoms with E-state index in [1.807, 2.05) is 32.0 Å². The third kappa shape index (κ3) is 3.58. The topological polar surface area (TPSA) is 38.9 Å². The number of benzene rings is 1. The fourth-order valence-electron chi connectivity index (χ4n) is 2.13. The molecule has 0 saturated heterocycles. The Hall–Kier alpha value is -1.40. The van der Waals surface area contributed by atoms with Gasteiger partial charge in [0.05, 0.1) is 0 Å². The van der Waals surface area contributed by atoms with Crippen molar-refractivity contribution >= 4 is 11.3 Å². The van der Waals surface area contributed by atoms with E-state index in [0.29, 0.717) is 22.6 Å². The van der Waals surface area contributed by atoms with E-state index in [1.54, 1.807) is 0 Å². The number of aryl methyl sites for hydroxylation is 2. The maximum atomic E-state index is 12.5. The molecule has 0 amide bonds. The smallest absolute Gasteiger partial charge is 0.323 e. The molecule has 0 saturated carbocycles. The summed E-state index contributed by atoms with van der Waals surface area (Å²) in [6.45, 7) is 3.97. The van der Waals surface area contributed by atoms with Crippen LogP contribution in [-0.2, 0) is 12.6 Å². The molecule has 0 spiro atoms. The molecule has 2 aromatic rings. The standard InChI is InChI=1S/C14H15F3N2S/c1-8-3-9(2)5-10(4-8)6-11(18)12-7-19-13(20-12)14(15,16)17/h3-5,7,11H,6,18H2,1-2H3. The van der Waals surface area contributed by atoms with Gasteiger partial charge in [0, 0.05) is 17.1 Å². The summed E-state index contributed by atoms with van der Waals surface area (Å²) in [4.78, 5) is 3.85. The van der Waals surface area contributed by atoms with Crippen molar-refractivity contribution in [1.29, 1.82) is 0 Å². The van der Waals surface area contributed by atoms with Gasteiger partial charge in [-0.25, -0.2) is 4.98 Å². The molecule has 0 bridgehead atoms. The van der Waals surface area contributed by atoms with Crippen LogP contribution in [0.2, 0.25) is 0 Å². The van der Waals surface area contributed by atoms with Gasteiger partial charge in [0.2, 0.25) is 0 Å². The zero-order chi connectivity index (χ0) is 14.9. The highest BCUT2D eigenvalue weighted by Gasteiger charge is 2.35. The first kappa shape index (κ1) is 15.0. The zero-order valence-electron chi connectivity index (χ0n) is 11.2. The normalized spacial score (nSPS) is 13.5. The molecule has 1 aromatic carbocycles. The third-order valence-electron chi connectivity index (χ3n) is 2.87. The number of hydrogen-bond acceptors (Lipinski definition) is 3. The molecule has 6 heteroatoms. The summed E-state index contributed by atoms with van der Waals surface area (Å²) in [7, 11) is 0. The van der Waals surface area contributed by atoms with Crippen LogP contribution in [0.1, 0.15) is 32.6 Å². The summed E-state index contributed by atoms with van der Waals surface area (Å²) >= 11 is 0.614. The minimum Gasteiger partial charge on any atom is -0.323 e. The lowest BCUT2D eigenvalue weighted by Gasteiger charge is -2.10. The van der Waals surface area contributed by atoms with Gasteiger partial charge in [0.1, 0.15) is 0 Å². The Balaban J connectivity index is 2.15. The largest absolute Gasteiger partial charge is 0.443 e. The number of aromatic nitrogens is 1. The van der Waals surface area contributed by atoms with Crippen LogP contribution in [0.4, 0.5) is 13.2 Å². The molecule has 20 heavy (non-hydrogen) atoms. The highest BCUT2D eigenvalue weighted by molar-refractivity contribution is 7.11. The van der Waals surface area contributed by atoms with Gasteiger partial charge in [-0.05, 0) is 25.8 Å². The van der Waals surface area contributed by atoms with Crippen LogP contribution in [-0.4, -0.2) is 4.98 Å². The van der Waals surface area contributed by atoms with Crippen molar-refractivity contribution in [1.82, 2.24) is 4.98 Å². The Morgan fingerprint density at radius 2 is 1.80 bits per heavy atom. The minimum absolute atomic E-state index is 0.455. The van der Waals surface area contributed by atoms with Crippen molar-refractivity contribution < 1.29 is 13.2 Å². The molecule has 1 heterocycles. The van der Waals surface area contributed by atoms with Crippen LogP contribution in [0.15, 0.2) is 24.4 Å². The van der Waals surface area contributed by atoms with E-state index in [0.717, 1.165) is 16.7 Å². The predicted octanol–water partition coefficient (Wildman–Crippen LogP) is 4.02. The van der Waals surface area contributed by atoms with Crippen LogP contribution in [0.3, 0.4) is 0 Å². The van der Waals surface area contributed by atoms with E-state index in [2.05, 4.69) is 4.98 Å². The Bertz CT molecular complexity index is 584. The van der Waals surface area contributed by atoms with Crippen molar-refractivity contribution in [3.63, 3.8) is 0 Å². The lowest BCUT2D eigenvalue weighted by Crippen LogP contribution is -2.12. The van der Waals surface area contributed by atoms with Gasteiger partial charge in [-0.3, -0.25) is 0 Å². The highest BCUT2D eigenvalue weighted by Crippen LogP contribution is 2.34. The molecule has 108 valence electrons. The van der Waals surface area contributed by atoms with Crippen LogP contribution >= 0.6 is 11.3 Å². The Morgan fingerprint density at radius 1 is 1.20 bits per heavy atom. The van der Waals surface area contributed by atoms with Crippen molar-refractivity contribution in [3.8, 4) is 0 Å². The van der Waals surface area contributed by atoms with Gasteiger partial charge >= 0.3 is 6.18 Å². The second kappa shape index (κ2) is 5.54. The summed E-state index contributed by atoms with van der Waals surface area (Å²) in [5.41, 5.74) is 9.25. The van der Waals surface area contributed by atoms with Crippen LogP contribution < -0.4 is 5.73 Å². The van der Waals surface area contributed by atoms with Gasteiger partial charge in [-0.1, -0.05) is 29.3 Å². The first-order valence-corrected chi connectivity index (χ1v) is 6.93. The molecule has 2 nitrogen and oxygen atoms in total. The van der Waals surface area contributed by atoms with E-state index < -0.39 is 17.2 Å². The maximum absolute atomic E-state index is 12.5. The third-order valence-corrected chi connectivity index (χ3v) is 4.04. The summed E-state index contributed by atoms with van der Waals surface area (Å²) < 4.78 is 37.5. The van der Waals surface area contributed by atoms with Gasteiger partial charge in [0.15, 0.2) is 5.01 Å². The number of hydrogen-bond donors (Lipinski definition) is 1. The Labute approximate surface area is 119 Å². The summed E-state index contributed by atoms with van der Waals surface area (Å²) in [6, 6.07) is 5.57. The van der Waals surface area contributed by atoms with E-state index in [-0.39, 0.29) is 0 Å². The fraction of sp³-hybridized carbons (Fsp3) is 0.357. The monoisotopic (exact) mass is 300 g/mol. The molecule has 1 unspecified atom stereocenters. The van der Waals surface area contributed by atoms with Crippen molar-refractivity contribution in [2.24, 2.45) is 5.73 Å². The van der Waals surface area contributed by atoms with Gasteiger partial charge in [-0.2, -0.15) is 13.2 Å². The molecule has 1 atom stereocenters. The molecular formula is C14H15F3N2S. The van der Waals surface area contributed by atoms with Crippen LogP contribution in [0.25, 0.3) is 0 Å². The molecule has 0 fully saturated rings. The molecule has 2 rings (SSSR count). The van der Waals surface area contributed by atoms with E-state index >= 15 is 0 Å². The average molecular weight is 300 g/mol. The number of nitrogens with zero attached hydrogens (tertiary/aromatic N) is 1. The first-order chi connectivity index (χ1) is 9.25. The number of rotatable bonds is 3. The minimum atomic E-state index is -4.40. The molecule has 1 aromatic heterocycles. The number of alkyl halides is 3. The van der Waals surface area contributed by atoms with Crippen molar-refractivity contribution in [3.05, 3.63) is 51.0 Å². The second-order valence-corrected chi connectivity index (χ2v) is 5.93. The maximum Gasteiger partial charge on any atom is 0.443 e. The fourth-order valence-corrected chi connectivity index (χ4v) is 2.91. The molecule has 0 aliphatic carbocycles. The zero-order valence-corrected chi connectivity index (χ0v) is 12.0. The van der Waals surface area contributed by atoms with E-state index in [1.165, 1.54) is 6.20 Å². The molecule has 2 N–H and O–H groups in total. The number of thiazole rings is 1. The Kier molecular flexibility index (Phi) is 4.15. The van der Waals surface area contributed by atoms with E-state index in [4.69, 9.17) is 5.73 Å². The summed E-state index contributed by atoms with van der Waals surface area (Å²) in [5, 5.41) is -0.844. The van der Waals surface area contributed by atoms with Gasteiger partial charge in [-0.15, -0.1) is 11.3 Å². The molecule has 0 radical (unpaired) electrons. The van der Waals surface area contributed by atoms with Crippen LogP contribution in [0.5, 0.6) is 0 Å². The summed E-state index contributed by atoms with van der Waals surface area (Å²) in [5.74, 6) is 0. The van der Waals surface area contributed by atoms with Crippen LogP contribution in [0, 0.1) is 13.8 Å². The second-order valence-electron chi connectivity index (χ2n) is 4.87. The number of nitrogens with two attached hydrogens (primary N) is 1. The highest BCUT2D eigenvalue weighted by atomic mass is 32.1. The SMILES string of the molecule is Cc1cc(C)cc(CC(N)c2cnc(C(F)(F)F)s2)c1. The van der Waals surface area contributed by atoms with Crippen molar-refractivity contribution in [2.45, 2.75) is 32.5 Å². The lowest BCUT2D eigenvalue weighted by molar-refractivity contribution is -0.137. The molecular weight excluding hydrogens is 285 g/mol. The molecule has 0 aliphatic rings. The summed E-state index contributed by atoms with van der Waals surface area (Å²) in [6.07, 6.45) is -2.68. The Morgan fingerprint density at radius 3 is 2.30 bits per heavy atom. The first-order valence-electron chi connectivity index (χ1n) is 6.11. The van der Waals surface area contributed by atoms with Gasteiger partial charge < -0.3 is 5.73 Å². The quantitative estimate of drug-likeness (QED) is 0.929. The molecule has 0 aliphatic heterocycles. The number of halogens is 3.